The van der Waals surface area contributed by atoms with Gasteiger partial charge in [0.25, 0.3) is 0 Å². The highest BCUT2D eigenvalue weighted by Crippen LogP contribution is 2.30. The molecule has 3 N–H and O–H groups in total. The fourth-order valence-corrected chi connectivity index (χ4v) is 2.77. The number of benzene rings is 1. The van der Waals surface area contributed by atoms with E-state index >= 15 is 0 Å². The Kier molecular flexibility index (Phi) is 7.02. The van der Waals surface area contributed by atoms with Crippen LogP contribution in [0.4, 0.5) is 5.82 Å². The zero-order chi connectivity index (χ0) is 17.5. The van der Waals surface area contributed by atoms with Crippen molar-refractivity contribution >= 4 is 39.0 Å². The van der Waals surface area contributed by atoms with E-state index in [-0.39, 0.29) is 0 Å². The van der Waals surface area contributed by atoms with Crippen molar-refractivity contribution in [2.24, 2.45) is 5.73 Å². The van der Waals surface area contributed by atoms with Crippen LogP contribution in [0.25, 0.3) is 16.9 Å². The molecule has 0 aliphatic rings. The summed E-state index contributed by atoms with van der Waals surface area (Å²) in [4.78, 5) is 4.66. The SMILES string of the molecule is CC.NCCCNc1cc(-c2ccccc2Cl)nc2c(Br)cnn12. The molecule has 3 rings (SSSR count). The van der Waals surface area contributed by atoms with Gasteiger partial charge in [-0.25, -0.2) is 4.98 Å². The van der Waals surface area contributed by atoms with Crippen LogP contribution in [0.5, 0.6) is 0 Å². The summed E-state index contributed by atoms with van der Waals surface area (Å²) in [5, 5.41) is 8.35. The standard InChI is InChI=1S/C15H15BrClN5.C2H6/c16-11-9-20-22-14(19-7-3-6-18)8-13(21-15(11)22)10-4-1-2-5-12(10)17;1-2/h1-2,4-5,8-9,19H,3,6-7,18H2;1-2H3. The van der Waals surface area contributed by atoms with E-state index in [0.29, 0.717) is 11.6 Å². The first-order valence-electron chi connectivity index (χ1n) is 7.94. The topological polar surface area (TPSA) is 68.2 Å². The van der Waals surface area contributed by atoms with Gasteiger partial charge in [-0.3, -0.25) is 0 Å². The first-order valence-corrected chi connectivity index (χ1v) is 9.11. The minimum absolute atomic E-state index is 0.640. The second-order valence-electron chi connectivity index (χ2n) is 4.80. The highest BCUT2D eigenvalue weighted by Gasteiger charge is 2.12. The van der Waals surface area contributed by atoms with Gasteiger partial charge in [-0.1, -0.05) is 43.6 Å². The molecule has 2 heterocycles. The first-order chi connectivity index (χ1) is 11.7. The number of nitrogens with one attached hydrogen (secondary N) is 1. The van der Waals surface area contributed by atoms with E-state index in [0.717, 1.165) is 40.2 Å². The van der Waals surface area contributed by atoms with Gasteiger partial charge in [0.05, 0.1) is 16.4 Å². The average Bonchev–Trinajstić information content (AvgIpc) is 2.99. The Morgan fingerprint density at radius 2 is 2.04 bits per heavy atom. The highest BCUT2D eigenvalue weighted by molar-refractivity contribution is 9.10. The Balaban J connectivity index is 0.00000100. The van der Waals surface area contributed by atoms with Gasteiger partial charge < -0.3 is 11.1 Å². The Labute approximate surface area is 155 Å². The van der Waals surface area contributed by atoms with Crippen molar-refractivity contribution < 1.29 is 0 Å². The molecule has 1 aromatic carbocycles. The van der Waals surface area contributed by atoms with Gasteiger partial charge in [-0.2, -0.15) is 9.61 Å². The predicted octanol–water partition coefficient (Wildman–Crippen LogP) is 4.60. The molecule has 0 aliphatic carbocycles. The molecule has 0 radical (unpaired) electrons. The molecule has 0 spiro atoms. The molecular formula is C17H21BrClN5. The summed E-state index contributed by atoms with van der Waals surface area (Å²) in [7, 11) is 0. The average molecular weight is 411 g/mol. The summed E-state index contributed by atoms with van der Waals surface area (Å²) in [5.74, 6) is 0.860. The molecule has 0 atom stereocenters. The molecular weight excluding hydrogens is 390 g/mol. The zero-order valence-corrected chi connectivity index (χ0v) is 16.1. The number of aromatic nitrogens is 3. The Morgan fingerprint density at radius 3 is 2.75 bits per heavy atom. The molecule has 24 heavy (non-hydrogen) atoms. The van der Waals surface area contributed by atoms with Crippen LogP contribution in [0.15, 0.2) is 41.0 Å². The van der Waals surface area contributed by atoms with E-state index in [1.807, 2.05) is 44.2 Å². The smallest absolute Gasteiger partial charge is 0.172 e. The van der Waals surface area contributed by atoms with Crippen molar-refractivity contribution in [1.82, 2.24) is 14.6 Å². The number of hydrogen-bond donors (Lipinski definition) is 2. The molecule has 0 aliphatic heterocycles. The molecule has 0 amide bonds. The minimum Gasteiger partial charge on any atom is -0.370 e. The van der Waals surface area contributed by atoms with E-state index in [1.54, 1.807) is 10.7 Å². The molecule has 0 bridgehead atoms. The quantitative estimate of drug-likeness (QED) is 0.603. The van der Waals surface area contributed by atoms with Crippen molar-refractivity contribution in [1.29, 1.82) is 0 Å². The zero-order valence-electron chi connectivity index (χ0n) is 13.8. The Bertz CT molecular complexity index is 803. The fourth-order valence-electron chi connectivity index (χ4n) is 2.19. The molecule has 0 saturated carbocycles. The van der Waals surface area contributed by atoms with Crippen molar-refractivity contribution in [3.05, 3.63) is 46.0 Å². The van der Waals surface area contributed by atoms with E-state index in [4.69, 9.17) is 17.3 Å². The van der Waals surface area contributed by atoms with Gasteiger partial charge in [0.2, 0.25) is 0 Å². The van der Waals surface area contributed by atoms with Crippen LogP contribution in [0.3, 0.4) is 0 Å². The third-order valence-corrected chi connectivity index (χ3v) is 4.15. The minimum atomic E-state index is 0.640. The van der Waals surface area contributed by atoms with E-state index in [2.05, 4.69) is 31.3 Å². The molecule has 2 aromatic heterocycles. The van der Waals surface area contributed by atoms with Crippen LogP contribution < -0.4 is 11.1 Å². The first kappa shape index (κ1) is 18.7. The summed E-state index contributed by atoms with van der Waals surface area (Å²) in [6, 6.07) is 9.61. The molecule has 0 unspecified atom stereocenters. The monoisotopic (exact) mass is 409 g/mol. The Hall–Kier alpha value is -1.63. The Morgan fingerprint density at radius 1 is 1.29 bits per heavy atom. The fraction of sp³-hybridized carbons (Fsp3) is 0.294. The molecule has 7 heteroatoms. The van der Waals surface area contributed by atoms with Crippen LogP contribution in [-0.4, -0.2) is 27.7 Å². The second-order valence-corrected chi connectivity index (χ2v) is 6.06. The lowest BCUT2D eigenvalue weighted by atomic mass is 10.1. The van der Waals surface area contributed by atoms with Crippen LogP contribution in [0.2, 0.25) is 5.02 Å². The number of halogens is 2. The van der Waals surface area contributed by atoms with Crippen molar-refractivity contribution in [3.63, 3.8) is 0 Å². The number of fused-ring (bicyclic) bond motifs is 1. The number of nitrogens with two attached hydrogens (primary N) is 1. The van der Waals surface area contributed by atoms with Crippen LogP contribution in [-0.2, 0) is 0 Å². The van der Waals surface area contributed by atoms with E-state index in [1.165, 1.54) is 0 Å². The van der Waals surface area contributed by atoms with E-state index < -0.39 is 0 Å². The van der Waals surface area contributed by atoms with Crippen LogP contribution in [0.1, 0.15) is 20.3 Å². The number of rotatable bonds is 5. The lowest BCUT2D eigenvalue weighted by Gasteiger charge is -2.11. The van der Waals surface area contributed by atoms with Crippen molar-refractivity contribution in [2.75, 3.05) is 18.4 Å². The van der Waals surface area contributed by atoms with Gasteiger partial charge in [-0.15, -0.1) is 0 Å². The van der Waals surface area contributed by atoms with E-state index in [9.17, 15) is 0 Å². The molecule has 3 aromatic rings. The predicted molar refractivity (Wildman–Crippen MR) is 105 cm³/mol. The summed E-state index contributed by atoms with van der Waals surface area (Å²) in [5.41, 5.74) is 7.98. The lowest BCUT2D eigenvalue weighted by Crippen LogP contribution is -2.11. The number of nitrogens with zero attached hydrogens (tertiary/aromatic N) is 3. The molecule has 128 valence electrons. The van der Waals surface area contributed by atoms with Crippen molar-refractivity contribution in [3.8, 4) is 11.3 Å². The summed E-state index contributed by atoms with van der Waals surface area (Å²) in [6.45, 7) is 5.41. The van der Waals surface area contributed by atoms with Crippen molar-refractivity contribution in [2.45, 2.75) is 20.3 Å². The number of anilines is 1. The van der Waals surface area contributed by atoms with Crippen LogP contribution in [0, 0.1) is 0 Å². The van der Waals surface area contributed by atoms with Gasteiger partial charge in [0.1, 0.15) is 5.82 Å². The maximum Gasteiger partial charge on any atom is 0.172 e. The normalized spacial score (nSPS) is 10.4. The highest BCUT2D eigenvalue weighted by atomic mass is 79.9. The molecule has 5 nitrogen and oxygen atoms in total. The largest absolute Gasteiger partial charge is 0.370 e. The molecule has 0 saturated heterocycles. The van der Waals surface area contributed by atoms with Crippen LogP contribution >= 0.6 is 27.5 Å². The summed E-state index contributed by atoms with van der Waals surface area (Å²) >= 11 is 9.77. The van der Waals surface area contributed by atoms with Gasteiger partial charge in [0.15, 0.2) is 5.65 Å². The second kappa shape index (κ2) is 9.01. The number of hydrogen-bond acceptors (Lipinski definition) is 4. The van der Waals surface area contributed by atoms with Gasteiger partial charge in [-0.05, 0) is 35.0 Å². The summed E-state index contributed by atoms with van der Waals surface area (Å²) < 4.78 is 2.60. The maximum absolute atomic E-state index is 6.29. The third-order valence-electron chi connectivity index (χ3n) is 3.27. The summed E-state index contributed by atoms with van der Waals surface area (Å²) in [6.07, 6.45) is 2.61. The molecule has 0 fully saturated rings. The van der Waals surface area contributed by atoms with Gasteiger partial charge >= 0.3 is 0 Å². The lowest BCUT2D eigenvalue weighted by molar-refractivity contribution is 0.852. The third kappa shape index (κ3) is 4.06. The van der Waals surface area contributed by atoms with Gasteiger partial charge in [0, 0.05) is 23.2 Å². The maximum atomic E-state index is 6.29.